The standard InChI is InChI=1S/C46H35N3O2/c1-29(48-46(49-45(47)32-15-6-3-7-16-32)33-25-23-31(24-26-33)30-13-4-2-5-14-30)42-35(27-28-41-44(42)37-18-9-11-21-39(37)51-41)34-19-12-22-40-43(34)36-17-8-10-20-38(36)50-40/h2-29,41,44H,1H3,(H2,47,48,49). The van der Waals surface area contributed by atoms with Gasteiger partial charge in [-0.05, 0) is 59.0 Å². The molecule has 0 saturated carbocycles. The number of aliphatic imine (C=N–C) groups is 2. The predicted octanol–water partition coefficient (Wildman–Crippen LogP) is 10.4. The first kappa shape index (κ1) is 30.6. The lowest BCUT2D eigenvalue weighted by atomic mass is 9.76. The summed E-state index contributed by atoms with van der Waals surface area (Å²) in [4.78, 5) is 10.5. The number of rotatable bonds is 6. The van der Waals surface area contributed by atoms with E-state index in [0.29, 0.717) is 11.7 Å². The number of nitrogens with two attached hydrogens (primary N) is 1. The fourth-order valence-corrected chi connectivity index (χ4v) is 7.57. The summed E-state index contributed by atoms with van der Waals surface area (Å²) >= 11 is 0. The second-order valence-electron chi connectivity index (χ2n) is 13.0. The molecule has 9 rings (SSSR count). The van der Waals surface area contributed by atoms with E-state index >= 15 is 0 Å². The lowest BCUT2D eigenvalue weighted by Gasteiger charge is -2.29. The van der Waals surface area contributed by atoms with Crippen LogP contribution in [-0.4, -0.2) is 23.8 Å². The number of nitrogens with zero attached hydrogens (tertiary/aromatic N) is 2. The van der Waals surface area contributed by atoms with E-state index in [1.807, 2.05) is 60.7 Å². The molecule has 0 bridgehead atoms. The van der Waals surface area contributed by atoms with Gasteiger partial charge in [0, 0.05) is 27.5 Å². The van der Waals surface area contributed by atoms with E-state index in [0.717, 1.165) is 72.2 Å². The Kier molecular flexibility index (Phi) is 7.66. The van der Waals surface area contributed by atoms with Gasteiger partial charge < -0.3 is 14.9 Å². The van der Waals surface area contributed by atoms with E-state index in [2.05, 4.69) is 110 Å². The summed E-state index contributed by atoms with van der Waals surface area (Å²) in [6, 6.07) is 51.2. The molecule has 5 heteroatoms. The molecule has 0 fully saturated rings. The minimum atomic E-state index is -0.295. The van der Waals surface area contributed by atoms with Crippen LogP contribution in [0.2, 0.25) is 0 Å². The molecule has 2 aliphatic rings. The molecule has 1 aromatic heterocycles. The van der Waals surface area contributed by atoms with Crippen molar-refractivity contribution in [2.75, 3.05) is 0 Å². The van der Waals surface area contributed by atoms with Crippen LogP contribution in [0.25, 0.3) is 38.6 Å². The van der Waals surface area contributed by atoms with E-state index in [9.17, 15) is 0 Å². The molecule has 1 aliphatic heterocycles. The van der Waals surface area contributed by atoms with Gasteiger partial charge >= 0.3 is 0 Å². The lowest BCUT2D eigenvalue weighted by Crippen LogP contribution is -2.27. The molecule has 51 heavy (non-hydrogen) atoms. The maximum atomic E-state index is 6.69. The van der Waals surface area contributed by atoms with Crippen LogP contribution in [0.5, 0.6) is 5.75 Å². The van der Waals surface area contributed by atoms with Crippen molar-refractivity contribution in [3.8, 4) is 16.9 Å². The van der Waals surface area contributed by atoms with Crippen molar-refractivity contribution in [3.63, 3.8) is 0 Å². The first-order valence-electron chi connectivity index (χ1n) is 17.3. The summed E-state index contributed by atoms with van der Waals surface area (Å²) < 4.78 is 12.9. The van der Waals surface area contributed by atoms with Crippen LogP contribution in [0.15, 0.2) is 184 Å². The number of fused-ring (bicyclic) bond motifs is 6. The molecule has 2 heterocycles. The van der Waals surface area contributed by atoms with Gasteiger partial charge in [0.05, 0.1) is 12.0 Å². The van der Waals surface area contributed by atoms with Crippen LogP contribution in [0.4, 0.5) is 0 Å². The Labute approximate surface area is 296 Å². The summed E-state index contributed by atoms with van der Waals surface area (Å²) in [6.45, 7) is 2.16. The summed E-state index contributed by atoms with van der Waals surface area (Å²) in [6.07, 6.45) is 4.25. The molecule has 1 aliphatic carbocycles. The van der Waals surface area contributed by atoms with Gasteiger partial charge in [0.1, 0.15) is 28.9 Å². The second kappa shape index (κ2) is 12.8. The van der Waals surface area contributed by atoms with Crippen molar-refractivity contribution in [3.05, 3.63) is 192 Å². The molecule has 246 valence electrons. The molecular weight excluding hydrogens is 627 g/mol. The monoisotopic (exact) mass is 661 g/mol. The minimum absolute atomic E-state index is 0.0365. The lowest BCUT2D eigenvalue weighted by molar-refractivity contribution is 0.263. The molecule has 7 aromatic rings. The van der Waals surface area contributed by atoms with Gasteiger partial charge in [0.15, 0.2) is 5.84 Å². The van der Waals surface area contributed by atoms with Crippen LogP contribution >= 0.6 is 0 Å². The van der Waals surface area contributed by atoms with Gasteiger partial charge in [-0.2, -0.15) is 0 Å². The van der Waals surface area contributed by atoms with E-state index in [4.69, 9.17) is 24.9 Å². The fraction of sp³-hybridized carbons (Fsp3) is 0.0870. The Morgan fingerprint density at radius 2 is 1.35 bits per heavy atom. The van der Waals surface area contributed by atoms with Gasteiger partial charge in [-0.15, -0.1) is 0 Å². The highest BCUT2D eigenvalue weighted by molar-refractivity contribution is 6.12. The van der Waals surface area contributed by atoms with Gasteiger partial charge in [0.2, 0.25) is 0 Å². The van der Waals surface area contributed by atoms with Gasteiger partial charge in [-0.1, -0.05) is 140 Å². The Hall–Kier alpha value is -6.46. The first-order valence-corrected chi connectivity index (χ1v) is 17.3. The third-order valence-electron chi connectivity index (χ3n) is 9.95. The zero-order valence-electron chi connectivity index (χ0n) is 28.1. The number of ether oxygens (including phenoxy) is 1. The quantitative estimate of drug-likeness (QED) is 0.142. The normalized spacial score (nSPS) is 17.7. The fourth-order valence-electron chi connectivity index (χ4n) is 7.57. The van der Waals surface area contributed by atoms with E-state index < -0.39 is 0 Å². The molecular formula is C46H35N3O2. The average molecular weight is 662 g/mol. The minimum Gasteiger partial charge on any atom is -0.485 e. The van der Waals surface area contributed by atoms with Crippen molar-refractivity contribution in [1.29, 1.82) is 0 Å². The van der Waals surface area contributed by atoms with Gasteiger partial charge in [0.25, 0.3) is 0 Å². The van der Waals surface area contributed by atoms with Crippen molar-refractivity contribution >= 4 is 39.2 Å². The maximum Gasteiger partial charge on any atom is 0.157 e. The maximum absolute atomic E-state index is 6.69. The van der Waals surface area contributed by atoms with Crippen LogP contribution in [0, 0.1) is 0 Å². The summed E-state index contributed by atoms with van der Waals surface area (Å²) in [5.74, 6) is 1.85. The van der Waals surface area contributed by atoms with Crippen LogP contribution in [-0.2, 0) is 0 Å². The molecule has 2 N–H and O–H groups in total. The molecule has 6 aromatic carbocycles. The second-order valence-corrected chi connectivity index (χ2v) is 13.0. The molecule has 0 radical (unpaired) electrons. The Balaban J connectivity index is 1.24. The number of para-hydroxylation sites is 2. The molecule has 3 unspecified atom stereocenters. The van der Waals surface area contributed by atoms with Crippen molar-refractivity contribution in [2.24, 2.45) is 15.7 Å². The summed E-state index contributed by atoms with van der Waals surface area (Å²) in [7, 11) is 0. The van der Waals surface area contributed by atoms with Crippen LogP contribution in [0.3, 0.4) is 0 Å². The highest BCUT2D eigenvalue weighted by Crippen LogP contribution is 2.50. The number of amidine groups is 2. The SMILES string of the molecule is CC(N=C(N=C(N)c1ccccc1)c1ccc(-c2ccccc2)cc1)C1=C(c2cccc3oc4ccccc4c23)C=CC2Oc3ccccc3C12. The van der Waals surface area contributed by atoms with E-state index in [1.165, 1.54) is 0 Å². The van der Waals surface area contributed by atoms with E-state index in [-0.39, 0.29) is 18.1 Å². The van der Waals surface area contributed by atoms with Crippen LogP contribution in [0.1, 0.15) is 35.1 Å². The molecule has 3 atom stereocenters. The van der Waals surface area contributed by atoms with Gasteiger partial charge in [-0.25, -0.2) is 4.99 Å². The molecule has 0 spiro atoms. The number of hydrogen-bond acceptors (Lipinski definition) is 3. The largest absolute Gasteiger partial charge is 0.485 e. The third-order valence-corrected chi connectivity index (χ3v) is 9.95. The number of hydrogen-bond donors (Lipinski definition) is 1. The zero-order valence-corrected chi connectivity index (χ0v) is 28.1. The number of benzene rings is 6. The smallest absolute Gasteiger partial charge is 0.157 e. The van der Waals surface area contributed by atoms with Crippen LogP contribution < -0.4 is 10.5 Å². The van der Waals surface area contributed by atoms with Gasteiger partial charge in [-0.3, -0.25) is 4.99 Å². The zero-order chi connectivity index (χ0) is 34.3. The third kappa shape index (κ3) is 5.53. The average Bonchev–Trinajstić information content (AvgIpc) is 3.77. The molecule has 0 amide bonds. The first-order chi connectivity index (χ1) is 25.1. The number of furan rings is 1. The summed E-state index contributed by atoms with van der Waals surface area (Å²) in [5, 5.41) is 2.18. The van der Waals surface area contributed by atoms with Crippen molar-refractivity contribution < 1.29 is 9.15 Å². The topological polar surface area (TPSA) is 73.1 Å². The van der Waals surface area contributed by atoms with E-state index in [1.54, 1.807) is 0 Å². The molecule has 5 nitrogen and oxygen atoms in total. The predicted molar refractivity (Wildman–Crippen MR) is 208 cm³/mol. The highest BCUT2D eigenvalue weighted by Gasteiger charge is 2.41. The Morgan fingerprint density at radius 3 is 2.18 bits per heavy atom. The Bertz CT molecular complexity index is 2530. The summed E-state index contributed by atoms with van der Waals surface area (Å²) in [5.41, 5.74) is 17.0. The highest BCUT2D eigenvalue weighted by atomic mass is 16.5. The van der Waals surface area contributed by atoms with Crippen molar-refractivity contribution in [1.82, 2.24) is 0 Å². The Morgan fingerprint density at radius 1 is 0.667 bits per heavy atom. The molecule has 0 saturated heterocycles. The van der Waals surface area contributed by atoms with Crippen molar-refractivity contribution in [2.45, 2.75) is 25.0 Å². The number of allylic oxidation sites excluding steroid dienone is 2.